The van der Waals surface area contributed by atoms with Crippen molar-refractivity contribution in [2.75, 3.05) is 7.11 Å². The van der Waals surface area contributed by atoms with Crippen molar-refractivity contribution >= 4 is 16.9 Å². The summed E-state index contributed by atoms with van der Waals surface area (Å²) >= 11 is 0. The van der Waals surface area contributed by atoms with Gasteiger partial charge in [-0.2, -0.15) is 0 Å². The molecule has 0 spiro atoms. The Morgan fingerprint density at radius 1 is 1.00 bits per heavy atom. The van der Waals surface area contributed by atoms with Gasteiger partial charge < -0.3 is 10.1 Å². The number of nitrogens with one attached hydrogen (secondary N) is 1. The summed E-state index contributed by atoms with van der Waals surface area (Å²) in [6, 6.07) is 22.9. The first-order chi connectivity index (χ1) is 13.8. The molecular weight excluding hydrogens is 350 g/mol. The van der Waals surface area contributed by atoms with E-state index in [0.29, 0.717) is 23.4 Å². The molecule has 0 radical (unpaired) electrons. The summed E-state index contributed by atoms with van der Waals surface area (Å²) < 4.78 is 5.36. The van der Waals surface area contributed by atoms with E-state index in [0.717, 1.165) is 22.3 Å². The molecule has 0 unspecified atom stereocenters. The first-order valence-corrected chi connectivity index (χ1v) is 8.97. The van der Waals surface area contributed by atoms with Gasteiger partial charge in [0.25, 0.3) is 5.91 Å². The number of amides is 1. The molecule has 0 fully saturated rings. The Labute approximate surface area is 163 Å². The zero-order valence-corrected chi connectivity index (χ0v) is 15.4. The van der Waals surface area contributed by atoms with Gasteiger partial charge in [-0.3, -0.25) is 4.79 Å². The van der Waals surface area contributed by atoms with Gasteiger partial charge in [0.2, 0.25) is 0 Å². The molecule has 2 aromatic heterocycles. The van der Waals surface area contributed by atoms with Gasteiger partial charge in [0.1, 0.15) is 5.75 Å². The number of rotatable bonds is 5. The van der Waals surface area contributed by atoms with Crippen LogP contribution in [0, 0.1) is 0 Å². The Morgan fingerprint density at radius 2 is 1.79 bits per heavy atom. The molecule has 0 aliphatic rings. The first-order valence-electron chi connectivity index (χ1n) is 8.97. The molecule has 0 aliphatic carbocycles. The van der Waals surface area contributed by atoms with Crippen molar-refractivity contribution in [1.82, 2.24) is 15.3 Å². The highest BCUT2D eigenvalue weighted by molar-refractivity contribution is 6.06. The van der Waals surface area contributed by atoms with Gasteiger partial charge in [-0.25, -0.2) is 9.97 Å². The maximum atomic E-state index is 13.0. The van der Waals surface area contributed by atoms with E-state index in [1.165, 1.54) is 0 Å². The maximum Gasteiger partial charge on any atom is 0.252 e. The number of nitrogens with zero attached hydrogens (tertiary/aromatic N) is 2. The summed E-state index contributed by atoms with van der Waals surface area (Å²) in [4.78, 5) is 22.0. The molecule has 0 saturated heterocycles. The second-order valence-corrected chi connectivity index (χ2v) is 6.29. The highest BCUT2D eigenvalue weighted by atomic mass is 16.5. The Balaban J connectivity index is 1.69. The zero-order valence-electron chi connectivity index (χ0n) is 15.4. The number of pyridine rings is 2. The Bertz CT molecular complexity index is 1130. The second-order valence-electron chi connectivity index (χ2n) is 6.29. The van der Waals surface area contributed by atoms with Crippen LogP contribution in [0.5, 0.6) is 5.75 Å². The van der Waals surface area contributed by atoms with Gasteiger partial charge in [0, 0.05) is 29.3 Å². The number of para-hydroxylation sites is 1. The number of benzene rings is 2. The molecule has 2 heterocycles. The number of aromatic nitrogens is 2. The van der Waals surface area contributed by atoms with Gasteiger partial charge >= 0.3 is 0 Å². The number of carbonyl (C=O) groups is 1. The summed E-state index contributed by atoms with van der Waals surface area (Å²) in [6.45, 7) is 0.369. The molecule has 1 amide bonds. The lowest BCUT2D eigenvalue weighted by Gasteiger charge is -2.12. The minimum Gasteiger partial charge on any atom is -0.496 e. The average Bonchev–Trinajstić information content (AvgIpc) is 2.77. The number of carbonyl (C=O) groups excluding carboxylic acids is 1. The van der Waals surface area contributed by atoms with Gasteiger partial charge in [0.15, 0.2) is 5.65 Å². The largest absolute Gasteiger partial charge is 0.496 e. The Morgan fingerprint density at radius 3 is 2.61 bits per heavy atom. The standard InChI is InChI=1S/C23H19N3O2/c1-28-21-12-6-5-10-17(21)15-25-23(27)19-14-20(16-8-3-2-4-9-16)26-22-18(19)11-7-13-24-22/h2-14H,15H2,1H3,(H,25,27). The maximum absolute atomic E-state index is 13.0. The normalized spacial score (nSPS) is 10.6. The highest BCUT2D eigenvalue weighted by Gasteiger charge is 2.15. The molecule has 4 aromatic rings. The summed E-state index contributed by atoms with van der Waals surface area (Å²) in [5.41, 5.74) is 3.67. The number of fused-ring (bicyclic) bond motifs is 1. The van der Waals surface area contributed by atoms with Crippen LogP contribution in [0.25, 0.3) is 22.3 Å². The summed E-state index contributed by atoms with van der Waals surface area (Å²) in [5.74, 6) is 0.567. The number of hydrogen-bond donors (Lipinski definition) is 1. The lowest BCUT2D eigenvalue weighted by molar-refractivity contribution is 0.0952. The molecule has 0 bridgehead atoms. The molecule has 28 heavy (non-hydrogen) atoms. The number of methoxy groups -OCH3 is 1. The second kappa shape index (κ2) is 7.88. The van der Waals surface area contributed by atoms with Crippen LogP contribution >= 0.6 is 0 Å². The van der Waals surface area contributed by atoms with E-state index in [1.54, 1.807) is 13.3 Å². The van der Waals surface area contributed by atoms with E-state index in [-0.39, 0.29) is 5.91 Å². The quantitative estimate of drug-likeness (QED) is 0.572. The van der Waals surface area contributed by atoms with Crippen molar-refractivity contribution in [2.45, 2.75) is 6.54 Å². The molecule has 5 nitrogen and oxygen atoms in total. The summed E-state index contributed by atoms with van der Waals surface area (Å²) in [5, 5.41) is 3.71. The van der Waals surface area contributed by atoms with Crippen molar-refractivity contribution in [2.24, 2.45) is 0 Å². The van der Waals surface area contributed by atoms with Crippen LogP contribution < -0.4 is 10.1 Å². The molecule has 138 valence electrons. The third-order valence-corrected chi connectivity index (χ3v) is 4.53. The van der Waals surface area contributed by atoms with Gasteiger partial charge in [0.05, 0.1) is 18.4 Å². The SMILES string of the molecule is COc1ccccc1CNC(=O)c1cc(-c2ccccc2)nc2ncccc12. The van der Waals surface area contributed by atoms with Gasteiger partial charge in [-0.1, -0.05) is 48.5 Å². The molecular formula is C23H19N3O2. The molecule has 1 N–H and O–H groups in total. The van der Waals surface area contributed by atoms with Crippen LogP contribution in [0.1, 0.15) is 15.9 Å². The molecule has 4 rings (SSSR count). The van der Waals surface area contributed by atoms with Gasteiger partial charge in [-0.05, 0) is 24.3 Å². The molecule has 0 atom stereocenters. The molecule has 0 saturated carbocycles. The first kappa shape index (κ1) is 17.7. The predicted molar refractivity (Wildman–Crippen MR) is 109 cm³/mol. The van der Waals surface area contributed by atoms with E-state index in [1.807, 2.05) is 72.8 Å². The van der Waals surface area contributed by atoms with Crippen LogP contribution in [-0.2, 0) is 6.54 Å². The zero-order chi connectivity index (χ0) is 19.3. The third-order valence-electron chi connectivity index (χ3n) is 4.53. The van der Waals surface area contributed by atoms with Crippen molar-refractivity contribution < 1.29 is 9.53 Å². The minimum absolute atomic E-state index is 0.177. The fraction of sp³-hybridized carbons (Fsp3) is 0.0870. The van der Waals surface area contributed by atoms with E-state index in [4.69, 9.17) is 4.74 Å². The van der Waals surface area contributed by atoms with E-state index in [9.17, 15) is 4.79 Å². The summed E-state index contributed by atoms with van der Waals surface area (Å²) in [7, 11) is 1.62. The fourth-order valence-electron chi connectivity index (χ4n) is 3.12. The molecule has 5 heteroatoms. The monoisotopic (exact) mass is 369 g/mol. The number of ether oxygens (including phenoxy) is 1. The van der Waals surface area contributed by atoms with Crippen molar-refractivity contribution in [3.05, 3.63) is 90.1 Å². The summed E-state index contributed by atoms with van der Waals surface area (Å²) in [6.07, 6.45) is 1.68. The molecule has 0 aliphatic heterocycles. The van der Waals surface area contributed by atoms with Crippen molar-refractivity contribution in [3.63, 3.8) is 0 Å². The lowest BCUT2D eigenvalue weighted by atomic mass is 10.1. The van der Waals surface area contributed by atoms with Crippen LogP contribution in [0.4, 0.5) is 0 Å². The number of hydrogen-bond acceptors (Lipinski definition) is 4. The van der Waals surface area contributed by atoms with Crippen LogP contribution in [-0.4, -0.2) is 23.0 Å². The minimum atomic E-state index is -0.177. The van der Waals surface area contributed by atoms with Crippen LogP contribution in [0.15, 0.2) is 79.0 Å². The van der Waals surface area contributed by atoms with Crippen molar-refractivity contribution in [1.29, 1.82) is 0 Å². The van der Waals surface area contributed by atoms with E-state index >= 15 is 0 Å². The fourth-order valence-corrected chi connectivity index (χ4v) is 3.12. The van der Waals surface area contributed by atoms with Crippen molar-refractivity contribution in [3.8, 4) is 17.0 Å². The Hall–Kier alpha value is -3.73. The third kappa shape index (κ3) is 3.55. The van der Waals surface area contributed by atoms with E-state index in [2.05, 4.69) is 15.3 Å². The van der Waals surface area contributed by atoms with Gasteiger partial charge in [-0.15, -0.1) is 0 Å². The topological polar surface area (TPSA) is 64.1 Å². The highest BCUT2D eigenvalue weighted by Crippen LogP contribution is 2.24. The van der Waals surface area contributed by atoms with Crippen LogP contribution in [0.2, 0.25) is 0 Å². The molecule has 2 aromatic carbocycles. The average molecular weight is 369 g/mol. The predicted octanol–water partition coefficient (Wildman–Crippen LogP) is 4.24. The smallest absolute Gasteiger partial charge is 0.252 e. The Kier molecular flexibility index (Phi) is 4.97. The van der Waals surface area contributed by atoms with Crippen LogP contribution in [0.3, 0.4) is 0 Å². The van der Waals surface area contributed by atoms with E-state index < -0.39 is 0 Å². The lowest BCUT2D eigenvalue weighted by Crippen LogP contribution is -2.23.